The minimum Gasteiger partial charge on any atom is -0.493 e. The summed E-state index contributed by atoms with van der Waals surface area (Å²) >= 11 is 3.41. The monoisotopic (exact) mass is 522 g/mol. The van der Waals surface area contributed by atoms with Crippen molar-refractivity contribution in [3.8, 4) is 17.2 Å². The molecule has 0 amide bonds. The molecule has 0 spiro atoms. The van der Waals surface area contributed by atoms with Crippen LogP contribution in [0, 0.1) is 0 Å². The van der Waals surface area contributed by atoms with Crippen LogP contribution in [-0.4, -0.2) is 60.5 Å². The fraction of sp³-hybridized carbons (Fsp3) is 0.400. The summed E-state index contributed by atoms with van der Waals surface area (Å²) in [5.41, 5.74) is 1.66. The van der Waals surface area contributed by atoms with E-state index in [1.165, 1.54) is 5.56 Å². The number of halogens is 2. The summed E-state index contributed by atoms with van der Waals surface area (Å²) in [7, 11) is 1.99. The molecular weight excluding hydrogens is 496 g/mol. The number of nitrogens with zero attached hydrogens (tertiary/aromatic N) is 1. The van der Waals surface area contributed by atoms with Gasteiger partial charge in [0.25, 0.3) is 0 Å². The van der Waals surface area contributed by atoms with Crippen LogP contribution in [0.15, 0.2) is 40.9 Å². The summed E-state index contributed by atoms with van der Waals surface area (Å²) < 4.78 is 42.1. The van der Waals surface area contributed by atoms with E-state index in [9.17, 15) is 8.42 Å². The second kappa shape index (κ2) is 12.2. The second-order valence-electron chi connectivity index (χ2n) is 6.61. The predicted octanol–water partition coefficient (Wildman–Crippen LogP) is 3.81. The average molecular weight is 524 g/mol. The van der Waals surface area contributed by atoms with Gasteiger partial charge in [-0.05, 0) is 65.3 Å². The predicted molar refractivity (Wildman–Crippen MR) is 126 cm³/mol. The fourth-order valence-corrected chi connectivity index (χ4v) is 3.72. The lowest BCUT2D eigenvalue weighted by Gasteiger charge is -2.18. The minimum atomic E-state index is -3.31. The third kappa shape index (κ3) is 8.59. The number of benzene rings is 2. The average Bonchev–Trinajstić information content (AvgIpc) is 2.66. The molecule has 0 unspecified atom stereocenters. The summed E-state index contributed by atoms with van der Waals surface area (Å²) in [5, 5.41) is 0. The van der Waals surface area contributed by atoms with Gasteiger partial charge in [-0.25, -0.2) is 8.42 Å². The van der Waals surface area contributed by atoms with Crippen LogP contribution in [0.3, 0.4) is 0 Å². The molecule has 10 heteroatoms. The molecule has 30 heavy (non-hydrogen) atoms. The van der Waals surface area contributed by atoms with Gasteiger partial charge in [-0.1, -0.05) is 6.07 Å². The van der Waals surface area contributed by atoms with E-state index in [1.54, 1.807) is 32.4 Å². The highest BCUT2D eigenvalue weighted by Gasteiger charge is 2.08. The van der Waals surface area contributed by atoms with Crippen LogP contribution in [0.2, 0.25) is 0 Å². The quantitative estimate of drug-likeness (QED) is 0.483. The molecule has 0 aromatic heterocycles. The first-order valence-electron chi connectivity index (χ1n) is 9.01. The van der Waals surface area contributed by atoms with Crippen LogP contribution in [0.4, 0.5) is 5.69 Å². The van der Waals surface area contributed by atoms with Crippen LogP contribution >= 0.6 is 28.3 Å². The normalized spacial score (nSPS) is 11.0. The van der Waals surface area contributed by atoms with Crippen molar-refractivity contribution in [3.05, 3.63) is 46.4 Å². The highest BCUT2D eigenvalue weighted by Crippen LogP contribution is 2.29. The molecule has 1 N–H and O–H groups in total. The zero-order valence-corrected chi connectivity index (χ0v) is 20.7. The molecular formula is C20H28BrClN2O5S. The smallest absolute Gasteiger partial charge is 0.229 e. The number of methoxy groups -OCH3 is 2. The Hall–Kier alpha value is -1.68. The number of rotatable bonds is 11. The minimum absolute atomic E-state index is 0. The Kier molecular flexibility index (Phi) is 10.8. The maximum atomic E-state index is 11.3. The van der Waals surface area contributed by atoms with Gasteiger partial charge in [0.2, 0.25) is 10.0 Å². The van der Waals surface area contributed by atoms with Crippen molar-refractivity contribution in [1.29, 1.82) is 0 Å². The van der Waals surface area contributed by atoms with Gasteiger partial charge in [0, 0.05) is 18.8 Å². The molecule has 0 aliphatic heterocycles. The molecule has 0 aliphatic rings. The number of ether oxygens (including phenoxy) is 3. The third-order valence-corrected chi connectivity index (χ3v) is 5.42. The van der Waals surface area contributed by atoms with E-state index in [1.807, 2.05) is 25.2 Å². The van der Waals surface area contributed by atoms with E-state index < -0.39 is 10.0 Å². The largest absolute Gasteiger partial charge is 0.493 e. The van der Waals surface area contributed by atoms with Crippen LogP contribution in [0.5, 0.6) is 17.2 Å². The topological polar surface area (TPSA) is 77.1 Å². The van der Waals surface area contributed by atoms with E-state index in [0.29, 0.717) is 22.5 Å². The zero-order valence-electron chi connectivity index (χ0n) is 17.5. The Morgan fingerprint density at radius 1 is 1.00 bits per heavy atom. The maximum absolute atomic E-state index is 11.3. The highest BCUT2D eigenvalue weighted by molar-refractivity contribution is 9.10. The summed E-state index contributed by atoms with van der Waals surface area (Å²) in [6.45, 7) is 2.14. The molecule has 2 rings (SSSR count). The van der Waals surface area contributed by atoms with E-state index in [0.717, 1.165) is 37.3 Å². The Balaban J connectivity index is 0.00000450. The Labute approximate surface area is 193 Å². The molecule has 0 fully saturated rings. The lowest BCUT2D eigenvalue weighted by atomic mass is 10.1. The molecule has 2 aromatic carbocycles. The van der Waals surface area contributed by atoms with Gasteiger partial charge in [0.1, 0.15) is 12.4 Å². The van der Waals surface area contributed by atoms with Crippen molar-refractivity contribution in [2.24, 2.45) is 0 Å². The van der Waals surface area contributed by atoms with Gasteiger partial charge >= 0.3 is 0 Å². The van der Waals surface area contributed by atoms with Gasteiger partial charge in [-0.15, -0.1) is 12.4 Å². The maximum Gasteiger partial charge on any atom is 0.229 e. The van der Waals surface area contributed by atoms with Gasteiger partial charge in [-0.2, -0.15) is 0 Å². The Bertz CT molecular complexity index is 927. The summed E-state index contributed by atoms with van der Waals surface area (Å²) in [4.78, 5) is 2.18. The first-order chi connectivity index (χ1) is 13.7. The number of sulfonamides is 1. The number of hydrogen-bond acceptors (Lipinski definition) is 6. The molecule has 0 saturated heterocycles. The van der Waals surface area contributed by atoms with Gasteiger partial charge in [-0.3, -0.25) is 4.72 Å². The summed E-state index contributed by atoms with van der Waals surface area (Å²) in [5.74, 6) is 2.12. The van der Waals surface area contributed by atoms with Crippen LogP contribution in [0.1, 0.15) is 5.56 Å². The lowest BCUT2D eigenvalue weighted by molar-refractivity contribution is 0.238. The van der Waals surface area contributed by atoms with Crippen molar-refractivity contribution in [1.82, 2.24) is 4.90 Å². The SMILES string of the molecule is COc1ccc(CCN(C)CCOc2ccc(NS(C)(=O)=O)cc2Br)cc1OC.Cl. The van der Waals surface area contributed by atoms with E-state index in [-0.39, 0.29) is 12.4 Å². The molecule has 0 bridgehead atoms. The molecule has 0 radical (unpaired) electrons. The highest BCUT2D eigenvalue weighted by atomic mass is 79.9. The molecule has 2 aromatic rings. The van der Waals surface area contributed by atoms with Crippen LogP contribution in [0.25, 0.3) is 0 Å². The molecule has 0 heterocycles. The summed E-state index contributed by atoms with van der Waals surface area (Å²) in [6.07, 6.45) is 2.00. The first kappa shape index (κ1) is 26.4. The third-order valence-electron chi connectivity index (χ3n) is 4.20. The van der Waals surface area contributed by atoms with E-state index in [2.05, 4.69) is 25.6 Å². The van der Waals surface area contributed by atoms with Gasteiger partial charge in [0.05, 0.1) is 24.9 Å². The van der Waals surface area contributed by atoms with E-state index >= 15 is 0 Å². The Morgan fingerprint density at radius 3 is 2.27 bits per heavy atom. The van der Waals surface area contributed by atoms with Crippen molar-refractivity contribution >= 4 is 44.0 Å². The number of anilines is 1. The number of hydrogen-bond donors (Lipinski definition) is 1. The number of likely N-dealkylation sites (N-methyl/N-ethyl adjacent to an activating group) is 1. The van der Waals surface area contributed by atoms with E-state index in [4.69, 9.17) is 14.2 Å². The van der Waals surface area contributed by atoms with Crippen LogP contribution in [-0.2, 0) is 16.4 Å². The van der Waals surface area contributed by atoms with Crippen molar-refractivity contribution < 1.29 is 22.6 Å². The zero-order chi connectivity index (χ0) is 21.4. The first-order valence-corrected chi connectivity index (χ1v) is 11.7. The standard InChI is InChI=1S/C20H27BrN2O5S.ClH/c1-23(10-9-15-5-7-19(26-2)20(13-15)27-3)11-12-28-18-8-6-16(14-17(18)21)22-29(4,24)25;/h5-8,13-14,22H,9-12H2,1-4H3;1H. The Morgan fingerprint density at radius 2 is 1.67 bits per heavy atom. The number of nitrogens with one attached hydrogen (secondary N) is 1. The molecule has 0 atom stereocenters. The molecule has 168 valence electrons. The van der Waals surface area contributed by atoms with Crippen molar-refractivity contribution in [3.63, 3.8) is 0 Å². The molecule has 0 aliphatic carbocycles. The second-order valence-corrected chi connectivity index (χ2v) is 9.21. The molecule has 7 nitrogen and oxygen atoms in total. The van der Waals surface area contributed by atoms with Crippen molar-refractivity contribution in [2.75, 3.05) is 51.9 Å². The van der Waals surface area contributed by atoms with Gasteiger partial charge < -0.3 is 19.1 Å². The van der Waals surface area contributed by atoms with Crippen LogP contribution < -0.4 is 18.9 Å². The molecule has 0 saturated carbocycles. The lowest BCUT2D eigenvalue weighted by Crippen LogP contribution is -2.26. The van der Waals surface area contributed by atoms with Crippen molar-refractivity contribution in [2.45, 2.75) is 6.42 Å². The fourth-order valence-electron chi connectivity index (χ4n) is 2.67. The summed E-state index contributed by atoms with van der Waals surface area (Å²) in [6, 6.07) is 11.0. The van der Waals surface area contributed by atoms with Gasteiger partial charge in [0.15, 0.2) is 11.5 Å².